The number of hydrogen-bond donors (Lipinski definition) is 1. The van der Waals surface area contributed by atoms with Crippen LogP contribution in [0.25, 0.3) is 0 Å². The molecular formula is C26H26F5N3O2S. The van der Waals surface area contributed by atoms with Gasteiger partial charge in [-0.05, 0) is 50.3 Å². The molecular weight excluding hydrogens is 513 g/mol. The molecule has 5 nitrogen and oxygen atoms in total. The van der Waals surface area contributed by atoms with Crippen LogP contribution in [0.1, 0.15) is 46.4 Å². The highest BCUT2D eigenvalue weighted by molar-refractivity contribution is 7.14. The zero-order chi connectivity index (χ0) is 26.5. The Morgan fingerprint density at radius 2 is 1.65 bits per heavy atom. The van der Waals surface area contributed by atoms with E-state index in [4.69, 9.17) is 0 Å². The van der Waals surface area contributed by atoms with E-state index in [1.165, 1.54) is 5.56 Å². The maximum absolute atomic E-state index is 14.0. The Bertz CT molecular complexity index is 1220. The van der Waals surface area contributed by atoms with Gasteiger partial charge >= 0.3 is 5.97 Å². The summed E-state index contributed by atoms with van der Waals surface area (Å²) >= 11 is 0.961. The second-order valence-corrected chi connectivity index (χ2v) is 9.99. The lowest BCUT2D eigenvalue weighted by molar-refractivity contribution is 0.0721. The van der Waals surface area contributed by atoms with E-state index in [0.29, 0.717) is 30.4 Å². The molecule has 198 valence electrons. The minimum atomic E-state index is -2.33. The Morgan fingerprint density at radius 1 is 1.03 bits per heavy atom. The molecule has 3 aromatic rings. The molecule has 0 unspecified atom stereocenters. The van der Waals surface area contributed by atoms with Crippen molar-refractivity contribution in [1.29, 1.82) is 0 Å². The van der Waals surface area contributed by atoms with Gasteiger partial charge in [0.2, 0.25) is 34.8 Å². The van der Waals surface area contributed by atoms with Crippen LogP contribution in [-0.4, -0.2) is 35.5 Å². The van der Waals surface area contributed by atoms with Crippen LogP contribution >= 0.6 is 11.3 Å². The van der Waals surface area contributed by atoms with E-state index in [1.54, 1.807) is 0 Å². The monoisotopic (exact) mass is 539 g/mol. The van der Waals surface area contributed by atoms with E-state index < -0.39 is 40.8 Å². The molecule has 37 heavy (non-hydrogen) atoms. The van der Waals surface area contributed by atoms with Gasteiger partial charge < -0.3 is 10.1 Å². The van der Waals surface area contributed by atoms with Crippen LogP contribution in [0.3, 0.4) is 0 Å². The summed E-state index contributed by atoms with van der Waals surface area (Å²) in [6.45, 7) is 4.50. The van der Waals surface area contributed by atoms with Crippen molar-refractivity contribution >= 4 is 23.1 Å². The number of carbonyl (C=O) groups is 1. The summed E-state index contributed by atoms with van der Waals surface area (Å²) in [5.74, 6) is -13.3. The van der Waals surface area contributed by atoms with Gasteiger partial charge in [-0.3, -0.25) is 4.90 Å². The average Bonchev–Trinajstić information content (AvgIpc) is 3.31. The van der Waals surface area contributed by atoms with Gasteiger partial charge in [-0.2, -0.15) is 8.78 Å². The maximum Gasteiger partial charge on any atom is 0.357 e. The Kier molecular flexibility index (Phi) is 8.75. The van der Waals surface area contributed by atoms with Crippen molar-refractivity contribution < 1.29 is 31.5 Å². The predicted octanol–water partition coefficient (Wildman–Crippen LogP) is 6.33. The van der Waals surface area contributed by atoms with E-state index in [2.05, 4.69) is 32.1 Å². The summed E-state index contributed by atoms with van der Waals surface area (Å²) in [5.41, 5.74) is 1.31. The van der Waals surface area contributed by atoms with Crippen molar-refractivity contribution in [3.8, 4) is 5.75 Å². The van der Waals surface area contributed by atoms with Gasteiger partial charge in [0.05, 0.1) is 6.54 Å². The van der Waals surface area contributed by atoms with Crippen molar-refractivity contribution in [2.75, 3.05) is 25.0 Å². The number of rotatable bonds is 9. The van der Waals surface area contributed by atoms with E-state index in [-0.39, 0.29) is 10.7 Å². The molecule has 1 saturated heterocycles. The van der Waals surface area contributed by atoms with Crippen LogP contribution in [0, 0.1) is 35.0 Å². The fourth-order valence-electron chi connectivity index (χ4n) is 4.23. The Morgan fingerprint density at radius 3 is 2.27 bits per heavy atom. The van der Waals surface area contributed by atoms with Gasteiger partial charge in [0.25, 0.3) is 0 Å². The summed E-state index contributed by atoms with van der Waals surface area (Å²) in [6, 6.07) is 10.3. The van der Waals surface area contributed by atoms with E-state index in [1.807, 2.05) is 25.1 Å². The molecule has 4 rings (SSSR count). The molecule has 0 bridgehead atoms. The number of thiazole rings is 1. The molecule has 1 aromatic heterocycles. The summed E-state index contributed by atoms with van der Waals surface area (Å²) < 4.78 is 73.1. The highest BCUT2D eigenvalue weighted by Gasteiger charge is 2.31. The number of esters is 1. The second kappa shape index (κ2) is 12.0. The molecule has 0 radical (unpaired) electrons. The number of ether oxygens (including phenoxy) is 1. The lowest BCUT2D eigenvalue weighted by Crippen LogP contribution is -2.33. The number of halogens is 5. The number of nitrogens with one attached hydrogen (secondary N) is 1. The van der Waals surface area contributed by atoms with Gasteiger partial charge in [-0.25, -0.2) is 22.9 Å². The smallest absolute Gasteiger partial charge is 0.357 e. The zero-order valence-corrected chi connectivity index (χ0v) is 20.9. The molecule has 2 aromatic carbocycles. The Labute approximate surface area is 215 Å². The molecule has 0 amide bonds. The van der Waals surface area contributed by atoms with Crippen LogP contribution in [0.5, 0.6) is 5.75 Å². The molecule has 1 aliphatic rings. The molecule has 11 heteroatoms. The third-order valence-electron chi connectivity index (χ3n) is 6.20. The van der Waals surface area contributed by atoms with E-state index in [9.17, 15) is 26.7 Å². The lowest BCUT2D eigenvalue weighted by atomic mass is 9.90. The van der Waals surface area contributed by atoms with Gasteiger partial charge in [-0.15, -0.1) is 11.3 Å². The highest BCUT2D eigenvalue weighted by atomic mass is 32.1. The second-order valence-electron chi connectivity index (χ2n) is 8.91. The van der Waals surface area contributed by atoms with E-state index >= 15 is 0 Å². The number of benzene rings is 2. The first kappa shape index (κ1) is 27.0. The third kappa shape index (κ3) is 6.27. The molecule has 1 fully saturated rings. The molecule has 0 saturated carbocycles. The van der Waals surface area contributed by atoms with Crippen LogP contribution in [0.4, 0.5) is 27.8 Å². The van der Waals surface area contributed by atoms with Crippen LogP contribution < -0.4 is 10.1 Å². The van der Waals surface area contributed by atoms with Crippen molar-refractivity contribution in [2.45, 2.75) is 39.2 Å². The quantitative estimate of drug-likeness (QED) is 0.113. The molecule has 2 heterocycles. The highest BCUT2D eigenvalue weighted by Crippen LogP contribution is 2.32. The number of hydrogen-bond acceptors (Lipinski definition) is 6. The number of nitrogens with zero attached hydrogens (tertiary/aromatic N) is 2. The summed E-state index contributed by atoms with van der Waals surface area (Å²) in [6.07, 6.45) is 3.74. The van der Waals surface area contributed by atoms with Crippen molar-refractivity contribution in [3.05, 3.63) is 74.9 Å². The summed E-state index contributed by atoms with van der Waals surface area (Å²) in [7, 11) is 0. The minimum absolute atomic E-state index is 0.105. The first-order valence-corrected chi connectivity index (χ1v) is 12.8. The standard InChI is InChI=1S/C26H26F5N3O2S/c1-2-10-32-25-24(26(35)36-23-21(30)19(28)18(27)20(29)22(23)31)37-17(33-25)14-34-11-8-16(9-12-34)13-15-6-4-3-5-7-15/h3-7,16,32H,2,8-14H2,1H3. The van der Waals surface area contributed by atoms with Crippen molar-refractivity contribution in [1.82, 2.24) is 9.88 Å². The first-order valence-electron chi connectivity index (χ1n) is 12.0. The van der Waals surface area contributed by atoms with Gasteiger partial charge in [-0.1, -0.05) is 37.3 Å². The lowest BCUT2D eigenvalue weighted by Gasteiger charge is -2.31. The van der Waals surface area contributed by atoms with Crippen molar-refractivity contribution in [2.24, 2.45) is 5.92 Å². The zero-order valence-electron chi connectivity index (χ0n) is 20.1. The summed E-state index contributed by atoms with van der Waals surface area (Å²) in [5, 5.41) is 3.54. The Hall–Kier alpha value is -3.05. The number of carbonyl (C=O) groups excluding carboxylic acids is 1. The normalized spacial score (nSPS) is 14.6. The first-order chi connectivity index (χ1) is 17.8. The molecule has 0 spiro atoms. The SMILES string of the molecule is CCCNc1nc(CN2CCC(Cc3ccccc3)CC2)sc1C(=O)Oc1c(F)c(F)c(F)c(F)c1F. The third-order valence-corrected chi connectivity index (χ3v) is 7.22. The number of aromatic nitrogens is 1. The van der Waals surface area contributed by atoms with Gasteiger partial charge in [0.15, 0.2) is 10.7 Å². The van der Waals surface area contributed by atoms with Gasteiger partial charge in [0.1, 0.15) is 5.01 Å². The fourth-order valence-corrected chi connectivity index (χ4v) is 5.19. The topological polar surface area (TPSA) is 54.5 Å². The van der Waals surface area contributed by atoms with Crippen LogP contribution in [-0.2, 0) is 13.0 Å². The number of anilines is 1. The molecule has 0 atom stereocenters. The Balaban J connectivity index is 1.45. The summed E-state index contributed by atoms with van der Waals surface area (Å²) in [4.78, 5) is 19.3. The number of likely N-dealkylation sites (tertiary alicyclic amines) is 1. The number of piperidine rings is 1. The largest absolute Gasteiger partial charge is 0.416 e. The molecule has 0 aliphatic carbocycles. The predicted molar refractivity (Wildman–Crippen MR) is 130 cm³/mol. The van der Waals surface area contributed by atoms with Gasteiger partial charge in [0, 0.05) is 6.54 Å². The average molecular weight is 540 g/mol. The van der Waals surface area contributed by atoms with Crippen molar-refractivity contribution in [3.63, 3.8) is 0 Å². The maximum atomic E-state index is 14.0. The van der Waals surface area contributed by atoms with Crippen LogP contribution in [0.2, 0.25) is 0 Å². The molecule has 1 N–H and O–H groups in total. The van der Waals surface area contributed by atoms with E-state index in [0.717, 1.165) is 43.7 Å². The minimum Gasteiger partial charge on any atom is -0.416 e. The fraction of sp³-hybridized carbons (Fsp3) is 0.385. The molecule has 1 aliphatic heterocycles. The van der Waals surface area contributed by atoms with Crippen LogP contribution in [0.15, 0.2) is 30.3 Å².